The quantitative estimate of drug-likeness (QED) is 0.289. The molecular weight excluding hydrogens is 416 g/mol. The van der Waals surface area contributed by atoms with E-state index in [0.717, 1.165) is 55.6 Å². The van der Waals surface area contributed by atoms with Crippen molar-refractivity contribution in [3.8, 4) is 44.5 Å². The normalized spacial score (nSPS) is 10.9. The standard InChI is InChI=1S/C32H26O2/c33-21-25-10-1-3-16-29(25)31-18-7-5-14-27(31)23-12-9-13-24(20-23)28-15-6-8-19-32(28)30-17-4-2-11-26(30)22-34/h1-20,33-34H,21-22H2. The zero-order chi connectivity index (χ0) is 23.3. The zero-order valence-corrected chi connectivity index (χ0v) is 18.9. The molecule has 0 aliphatic rings. The summed E-state index contributed by atoms with van der Waals surface area (Å²) in [4.78, 5) is 0. The molecule has 0 fully saturated rings. The van der Waals surface area contributed by atoms with Crippen molar-refractivity contribution in [2.75, 3.05) is 0 Å². The van der Waals surface area contributed by atoms with Crippen LogP contribution in [0, 0.1) is 0 Å². The molecule has 0 aromatic heterocycles. The maximum Gasteiger partial charge on any atom is 0.0687 e. The van der Waals surface area contributed by atoms with Gasteiger partial charge in [-0.15, -0.1) is 0 Å². The molecule has 2 heteroatoms. The van der Waals surface area contributed by atoms with Gasteiger partial charge in [0.05, 0.1) is 13.2 Å². The van der Waals surface area contributed by atoms with Crippen LogP contribution in [0.25, 0.3) is 44.5 Å². The molecule has 0 heterocycles. The van der Waals surface area contributed by atoms with Gasteiger partial charge in [-0.3, -0.25) is 0 Å². The van der Waals surface area contributed by atoms with E-state index in [1.807, 2.05) is 48.5 Å². The van der Waals surface area contributed by atoms with Crippen LogP contribution in [-0.2, 0) is 13.2 Å². The topological polar surface area (TPSA) is 40.5 Å². The Morgan fingerprint density at radius 2 is 0.706 bits per heavy atom. The summed E-state index contributed by atoms with van der Waals surface area (Å²) in [6.45, 7) is 0.00434. The van der Waals surface area contributed by atoms with Crippen LogP contribution < -0.4 is 0 Å². The SMILES string of the molecule is OCc1ccccc1-c1ccccc1-c1cccc(-c2ccccc2-c2ccccc2CO)c1. The molecule has 0 bridgehead atoms. The Morgan fingerprint density at radius 1 is 0.353 bits per heavy atom. The molecule has 166 valence electrons. The number of rotatable bonds is 6. The Kier molecular flexibility index (Phi) is 6.35. The molecule has 5 rings (SSSR count). The van der Waals surface area contributed by atoms with Gasteiger partial charge in [-0.2, -0.15) is 0 Å². The maximum absolute atomic E-state index is 9.90. The molecule has 0 unspecified atom stereocenters. The molecule has 2 nitrogen and oxygen atoms in total. The number of benzene rings is 5. The summed E-state index contributed by atoms with van der Waals surface area (Å²) in [6, 6.07) is 41.3. The number of aliphatic hydroxyl groups excluding tert-OH is 2. The van der Waals surface area contributed by atoms with Crippen molar-refractivity contribution < 1.29 is 10.2 Å². The van der Waals surface area contributed by atoms with E-state index in [0.29, 0.717) is 0 Å². The molecule has 0 aliphatic heterocycles. The number of aliphatic hydroxyl groups is 2. The molecule has 0 saturated heterocycles. The van der Waals surface area contributed by atoms with E-state index < -0.39 is 0 Å². The lowest BCUT2D eigenvalue weighted by atomic mass is 9.88. The van der Waals surface area contributed by atoms with E-state index in [1.54, 1.807) is 0 Å². The van der Waals surface area contributed by atoms with E-state index in [-0.39, 0.29) is 13.2 Å². The molecule has 0 atom stereocenters. The van der Waals surface area contributed by atoms with Crippen molar-refractivity contribution >= 4 is 0 Å². The fourth-order valence-electron chi connectivity index (χ4n) is 4.64. The van der Waals surface area contributed by atoms with Crippen LogP contribution in [0.3, 0.4) is 0 Å². The third-order valence-electron chi connectivity index (χ3n) is 6.29. The highest BCUT2D eigenvalue weighted by molar-refractivity contribution is 5.89. The van der Waals surface area contributed by atoms with Gasteiger partial charge in [0.25, 0.3) is 0 Å². The molecule has 0 radical (unpaired) electrons. The van der Waals surface area contributed by atoms with Crippen molar-refractivity contribution in [2.45, 2.75) is 13.2 Å². The van der Waals surface area contributed by atoms with Gasteiger partial charge < -0.3 is 10.2 Å². The Morgan fingerprint density at radius 3 is 1.12 bits per heavy atom. The fraction of sp³-hybridized carbons (Fsp3) is 0.0625. The van der Waals surface area contributed by atoms with E-state index in [2.05, 4.69) is 72.8 Å². The summed E-state index contributed by atoms with van der Waals surface area (Å²) >= 11 is 0. The van der Waals surface area contributed by atoms with E-state index >= 15 is 0 Å². The summed E-state index contributed by atoms with van der Waals surface area (Å²) in [7, 11) is 0. The number of hydrogen-bond acceptors (Lipinski definition) is 2. The zero-order valence-electron chi connectivity index (χ0n) is 18.9. The molecule has 0 aliphatic carbocycles. The van der Waals surface area contributed by atoms with Crippen molar-refractivity contribution in [1.82, 2.24) is 0 Å². The first-order chi connectivity index (χ1) is 16.8. The van der Waals surface area contributed by atoms with Crippen LogP contribution in [0.15, 0.2) is 121 Å². The van der Waals surface area contributed by atoms with Crippen LogP contribution in [-0.4, -0.2) is 10.2 Å². The first-order valence-electron chi connectivity index (χ1n) is 11.5. The predicted octanol–water partition coefficient (Wildman–Crippen LogP) is 7.34. The largest absolute Gasteiger partial charge is 0.392 e. The Hall–Kier alpha value is -3.98. The third-order valence-corrected chi connectivity index (χ3v) is 6.29. The summed E-state index contributed by atoms with van der Waals surface area (Å²) in [5, 5.41) is 19.8. The van der Waals surface area contributed by atoms with Gasteiger partial charge in [-0.25, -0.2) is 0 Å². The van der Waals surface area contributed by atoms with Crippen molar-refractivity contribution in [2.24, 2.45) is 0 Å². The van der Waals surface area contributed by atoms with Gasteiger partial charge in [-0.05, 0) is 61.7 Å². The fourth-order valence-corrected chi connectivity index (χ4v) is 4.64. The van der Waals surface area contributed by atoms with Crippen molar-refractivity contribution in [1.29, 1.82) is 0 Å². The van der Waals surface area contributed by atoms with E-state index in [1.165, 1.54) is 0 Å². The Balaban J connectivity index is 1.65. The van der Waals surface area contributed by atoms with Crippen LogP contribution >= 0.6 is 0 Å². The first-order valence-corrected chi connectivity index (χ1v) is 11.5. The second kappa shape index (κ2) is 9.88. The summed E-state index contributed by atoms with van der Waals surface area (Å²) in [6.07, 6.45) is 0. The summed E-state index contributed by atoms with van der Waals surface area (Å²) in [5.74, 6) is 0. The van der Waals surface area contributed by atoms with Crippen LogP contribution in [0.1, 0.15) is 11.1 Å². The van der Waals surface area contributed by atoms with Gasteiger partial charge in [0.15, 0.2) is 0 Å². The molecule has 0 saturated carbocycles. The number of hydrogen-bond donors (Lipinski definition) is 2. The minimum absolute atomic E-state index is 0.00217. The highest BCUT2D eigenvalue weighted by Crippen LogP contribution is 2.38. The second-order valence-electron chi connectivity index (χ2n) is 8.30. The molecule has 5 aromatic carbocycles. The second-order valence-corrected chi connectivity index (χ2v) is 8.30. The van der Waals surface area contributed by atoms with Gasteiger partial charge >= 0.3 is 0 Å². The lowest BCUT2D eigenvalue weighted by molar-refractivity contribution is 0.282. The highest BCUT2D eigenvalue weighted by Gasteiger charge is 2.13. The molecular formula is C32H26O2. The van der Waals surface area contributed by atoms with Crippen LogP contribution in [0.5, 0.6) is 0 Å². The van der Waals surface area contributed by atoms with Gasteiger partial charge in [0, 0.05) is 0 Å². The molecule has 0 spiro atoms. The van der Waals surface area contributed by atoms with E-state index in [4.69, 9.17) is 0 Å². The predicted molar refractivity (Wildman–Crippen MR) is 140 cm³/mol. The first kappa shape index (κ1) is 21.8. The highest BCUT2D eigenvalue weighted by atomic mass is 16.3. The molecule has 5 aromatic rings. The average molecular weight is 443 g/mol. The van der Waals surface area contributed by atoms with Gasteiger partial charge in [0.1, 0.15) is 0 Å². The average Bonchev–Trinajstić information content (AvgIpc) is 2.93. The molecule has 2 N–H and O–H groups in total. The Labute approximate surface area is 200 Å². The van der Waals surface area contributed by atoms with Gasteiger partial charge in [0.2, 0.25) is 0 Å². The van der Waals surface area contributed by atoms with Crippen molar-refractivity contribution in [3.63, 3.8) is 0 Å². The van der Waals surface area contributed by atoms with E-state index in [9.17, 15) is 10.2 Å². The van der Waals surface area contributed by atoms with Crippen LogP contribution in [0.2, 0.25) is 0 Å². The molecule has 34 heavy (non-hydrogen) atoms. The Bertz CT molecular complexity index is 1330. The van der Waals surface area contributed by atoms with Crippen molar-refractivity contribution in [3.05, 3.63) is 132 Å². The van der Waals surface area contributed by atoms with Crippen LogP contribution in [0.4, 0.5) is 0 Å². The lowest BCUT2D eigenvalue weighted by Crippen LogP contribution is -1.93. The summed E-state index contributed by atoms with van der Waals surface area (Å²) < 4.78 is 0. The minimum Gasteiger partial charge on any atom is -0.392 e. The lowest BCUT2D eigenvalue weighted by Gasteiger charge is -2.16. The molecule has 0 amide bonds. The maximum atomic E-state index is 9.90. The summed E-state index contributed by atoms with van der Waals surface area (Å²) in [5.41, 5.74) is 10.6. The van der Waals surface area contributed by atoms with Gasteiger partial charge in [-0.1, -0.05) is 115 Å². The third kappa shape index (κ3) is 4.17. The smallest absolute Gasteiger partial charge is 0.0687 e. The minimum atomic E-state index is 0.00217. The monoisotopic (exact) mass is 442 g/mol.